The molecular formula is C24H22FN3O4S. The highest BCUT2D eigenvalue weighted by atomic mass is 32.2. The van der Waals surface area contributed by atoms with Crippen LogP contribution in [0.4, 0.5) is 10.1 Å². The van der Waals surface area contributed by atoms with Crippen LogP contribution in [0.25, 0.3) is 22.4 Å². The fourth-order valence-electron chi connectivity index (χ4n) is 3.54. The summed E-state index contributed by atoms with van der Waals surface area (Å²) in [6.45, 7) is 4.63. The van der Waals surface area contributed by atoms with Crippen LogP contribution < -0.4 is 4.72 Å². The van der Waals surface area contributed by atoms with E-state index in [2.05, 4.69) is 9.71 Å². The monoisotopic (exact) mass is 467 g/mol. The second-order valence-corrected chi connectivity index (χ2v) is 8.90. The first-order valence-corrected chi connectivity index (χ1v) is 11.9. The third kappa shape index (κ3) is 4.45. The summed E-state index contributed by atoms with van der Waals surface area (Å²) in [4.78, 5) is 16.7. The van der Waals surface area contributed by atoms with E-state index in [4.69, 9.17) is 4.74 Å². The second-order valence-electron chi connectivity index (χ2n) is 7.21. The Bertz CT molecular complexity index is 1430. The molecule has 0 aliphatic rings. The molecule has 170 valence electrons. The fraction of sp³-hybridized carbons (Fsp3) is 0.167. The lowest BCUT2D eigenvalue weighted by Gasteiger charge is -2.10. The average Bonchev–Trinajstić information content (AvgIpc) is 3.18. The zero-order chi connectivity index (χ0) is 23.6. The molecule has 0 aliphatic heterocycles. The molecule has 0 fully saturated rings. The maximum absolute atomic E-state index is 13.9. The minimum Gasteiger partial charge on any atom is -0.462 e. The highest BCUT2D eigenvalue weighted by molar-refractivity contribution is 7.92. The van der Waals surface area contributed by atoms with Gasteiger partial charge in [0.2, 0.25) is 0 Å². The van der Waals surface area contributed by atoms with Gasteiger partial charge in [-0.1, -0.05) is 12.1 Å². The van der Waals surface area contributed by atoms with Crippen molar-refractivity contribution in [2.75, 3.05) is 11.3 Å². The van der Waals surface area contributed by atoms with Crippen LogP contribution >= 0.6 is 0 Å². The number of para-hydroxylation sites is 1. The van der Waals surface area contributed by atoms with Gasteiger partial charge in [0.05, 0.1) is 33.8 Å². The van der Waals surface area contributed by atoms with Crippen molar-refractivity contribution < 1.29 is 22.3 Å². The molecule has 7 nitrogen and oxygen atoms in total. The molecule has 0 radical (unpaired) electrons. The summed E-state index contributed by atoms with van der Waals surface area (Å²) in [5.41, 5.74) is 2.48. The number of benzene rings is 3. The average molecular weight is 468 g/mol. The standard InChI is InChI=1S/C24H22FN3O4S/c1-3-28-22-14-11-17(24(29)32-4-2)15-21(22)26-23(28)16-9-12-18(13-10-16)33(30,31)27-20-8-6-5-7-19(20)25/h5-15,27H,3-4H2,1-2H3. The van der Waals surface area contributed by atoms with Gasteiger partial charge in [-0.25, -0.2) is 22.6 Å². The van der Waals surface area contributed by atoms with Crippen molar-refractivity contribution in [3.8, 4) is 11.4 Å². The van der Waals surface area contributed by atoms with Gasteiger partial charge in [-0.2, -0.15) is 0 Å². The van der Waals surface area contributed by atoms with Crippen LogP contribution in [0.5, 0.6) is 0 Å². The van der Waals surface area contributed by atoms with Crippen molar-refractivity contribution in [3.05, 3.63) is 78.1 Å². The zero-order valence-electron chi connectivity index (χ0n) is 18.1. The number of aromatic nitrogens is 2. The third-order valence-corrected chi connectivity index (χ3v) is 6.50. The van der Waals surface area contributed by atoms with Crippen LogP contribution in [0.1, 0.15) is 24.2 Å². The summed E-state index contributed by atoms with van der Waals surface area (Å²) >= 11 is 0. The number of ether oxygens (including phenoxy) is 1. The summed E-state index contributed by atoms with van der Waals surface area (Å²) in [6.07, 6.45) is 0. The van der Waals surface area contributed by atoms with Crippen LogP contribution in [-0.4, -0.2) is 30.5 Å². The zero-order valence-corrected chi connectivity index (χ0v) is 18.9. The van der Waals surface area contributed by atoms with Gasteiger partial charge in [-0.15, -0.1) is 0 Å². The van der Waals surface area contributed by atoms with E-state index in [9.17, 15) is 17.6 Å². The molecule has 9 heteroatoms. The van der Waals surface area contributed by atoms with Crippen LogP contribution in [0.15, 0.2) is 71.6 Å². The molecule has 0 saturated heterocycles. The number of hydrogen-bond donors (Lipinski definition) is 1. The van der Waals surface area contributed by atoms with Gasteiger partial charge in [0, 0.05) is 12.1 Å². The van der Waals surface area contributed by atoms with Crippen molar-refractivity contribution in [1.82, 2.24) is 9.55 Å². The van der Waals surface area contributed by atoms with E-state index < -0.39 is 21.8 Å². The van der Waals surface area contributed by atoms with E-state index in [-0.39, 0.29) is 17.2 Å². The predicted octanol–water partition coefficient (Wildman–Crippen LogP) is 4.84. The van der Waals surface area contributed by atoms with Crippen LogP contribution in [-0.2, 0) is 21.3 Å². The smallest absolute Gasteiger partial charge is 0.338 e. The Balaban J connectivity index is 1.67. The normalized spacial score (nSPS) is 11.5. The molecule has 1 aromatic heterocycles. The Morgan fingerprint density at radius 2 is 1.79 bits per heavy atom. The minimum atomic E-state index is -3.96. The van der Waals surface area contributed by atoms with Crippen molar-refractivity contribution in [2.24, 2.45) is 0 Å². The number of halogens is 1. The van der Waals surface area contributed by atoms with Gasteiger partial charge >= 0.3 is 5.97 Å². The Labute approximate surface area is 190 Å². The molecule has 3 aromatic carbocycles. The molecule has 4 aromatic rings. The van der Waals surface area contributed by atoms with Gasteiger partial charge in [-0.05, 0) is 68.4 Å². The lowest BCUT2D eigenvalue weighted by atomic mass is 10.2. The first-order chi connectivity index (χ1) is 15.8. The molecular weight excluding hydrogens is 445 g/mol. The molecule has 33 heavy (non-hydrogen) atoms. The van der Waals surface area contributed by atoms with Gasteiger partial charge in [0.25, 0.3) is 10.0 Å². The summed E-state index contributed by atoms with van der Waals surface area (Å²) in [5.74, 6) is -0.431. The van der Waals surface area contributed by atoms with Crippen molar-refractivity contribution >= 4 is 32.7 Å². The summed E-state index contributed by atoms with van der Waals surface area (Å²) < 4.78 is 48.5. The summed E-state index contributed by atoms with van der Waals surface area (Å²) in [6, 6.07) is 17.0. The molecule has 0 bridgehead atoms. The van der Waals surface area contributed by atoms with E-state index >= 15 is 0 Å². The predicted molar refractivity (Wildman–Crippen MR) is 124 cm³/mol. The quantitative estimate of drug-likeness (QED) is 0.393. The van der Waals surface area contributed by atoms with Crippen molar-refractivity contribution in [2.45, 2.75) is 25.3 Å². The van der Waals surface area contributed by atoms with Crippen molar-refractivity contribution in [3.63, 3.8) is 0 Å². The number of nitrogens with one attached hydrogen (secondary N) is 1. The second kappa shape index (κ2) is 9.03. The Morgan fingerprint density at radius 1 is 1.06 bits per heavy atom. The molecule has 4 rings (SSSR count). The first kappa shape index (κ1) is 22.5. The van der Waals surface area contributed by atoms with E-state index in [1.165, 1.54) is 30.3 Å². The number of carbonyl (C=O) groups excluding carboxylic acids is 1. The Morgan fingerprint density at radius 3 is 2.45 bits per heavy atom. The highest BCUT2D eigenvalue weighted by Gasteiger charge is 2.18. The number of rotatable bonds is 7. The maximum atomic E-state index is 13.9. The van der Waals surface area contributed by atoms with Gasteiger partial charge in [0.1, 0.15) is 11.6 Å². The summed E-state index contributed by atoms with van der Waals surface area (Å²) in [7, 11) is -3.96. The molecule has 0 saturated carbocycles. The first-order valence-electron chi connectivity index (χ1n) is 10.4. The van der Waals surface area contributed by atoms with E-state index in [0.29, 0.717) is 29.0 Å². The highest BCUT2D eigenvalue weighted by Crippen LogP contribution is 2.27. The fourth-order valence-corrected chi connectivity index (χ4v) is 4.61. The topological polar surface area (TPSA) is 90.3 Å². The van der Waals surface area contributed by atoms with E-state index in [0.717, 1.165) is 5.52 Å². The van der Waals surface area contributed by atoms with Crippen LogP contribution in [0.2, 0.25) is 0 Å². The number of carbonyl (C=O) groups is 1. The lowest BCUT2D eigenvalue weighted by Crippen LogP contribution is -2.13. The molecule has 0 amide bonds. The number of nitrogens with zero attached hydrogens (tertiary/aromatic N) is 2. The number of sulfonamides is 1. The van der Waals surface area contributed by atoms with Gasteiger partial charge < -0.3 is 9.30 Å². The Hall–Kier alpha value is -3.72. The molecule has 1 heterocycles. The van der Waals surface area contributed by atoms with Gasteiger partial charge in [-0.3, -0.25) is 4.72 Å². The van der Waals surface area contributed by atoms with Crippen molar-refractivity contribution in [1.29, 1.82) is 0 Å². The molecule has 1 N–H and O–H groups in total. The van der Waals surface area contributed by atoms with E-state index in [1.807, 2.05) is 17.6 Å². The number of hydrogen-bond acceptors (Lipinski definition) is 5. The largest absolute Gasteiger partial charge is 0.462 e. The van der Waals surface area contributed by atoms with Crippen LogP contribution in [0.3, 0.4) is 0 Å². The van der Waals surface area contributed by atoms with Gasteiger partial charge in [0.15, 0.2) is 0 Å². The molecule has 0 spiro atoms. The molecule has 0 aliphatic carbocycles. The molecule has 0 atom stereocenters. The SMILES string of the molecule is CCOC(=O)c1ccc2c(c1)nc(-c1ccc(S(=O)(=O)Nc3ccccc3F)cc1)n2CC. The lowest BCUT2D eigenvalue weighted by molar-refractivity contribution is 0.0526. The third-order valence-electron chi connectivity index (χ3n) is 5.12. The number of imidazole rings is 1. The maximum Gasteiger partial charge on any atom is 0.338 e. The van der Waals surface area contributed by atoms with E-state index in [1.54, 1.807) is 37.3 Å². The number of aryl methyl sites for hydroxylation is 1. The number of fused-ring (bicyclic) bond motifs is 1. The minimum absolute atomic E-state index is 0.00161. The number of esters is 1. The Kier molecular flexibility index (Phi) is 6.15. The number of anilines is 1. The molecule has 0 unspecified atom stereocenters. The summed E-state index contributed by atoms with van der Waals surface area (Å²) in [5, 5.41) is 0. The van der Waals surface area contributed by atoms with Crippen LogP contribution in [0, 0.1) is 5.82 Å².